The van der Waals surface area contributed by atoms with Gasteiger partial charge in [-0.25, -0.2) is 0 Å². The molecule has 0 unspecified atom stereocenters. The van der Waals surface area contributed by atoms with Gasteiger partial charge in [0, 0.05) is 0 Å². The van der Waals surface area contributed by atoms with Crippen molar-refractivity contribution in [3.8, 4) is 0 Å². The zero-order valence-electron chi connectivity index (χ0n) is 5.31. The molecule has 9 heavy (non-hydrogen) atoms. The lowest BCUT2D eigenvalue weighted by Crippen LogP contribution is -2.14. The summed E-state index contributed by atoms with van der Waals surface area (Å²) in [4.78, 5) is 4.32. The molecule has 1 aliphatic rings. The third-order valence-electron chi connectivity index (χ3n) is 1.72. The van der Waals surface area contributed by atoms with E-state index in [9.17, 15) is 4.53 Å². The van der Waals surface area contributed by atoms with Crippen LogP contribution in [0.2, 0.25) is 0 Å². The Balaban J connectivity index is 2.08. The Morgan fingerprint density at radius 2 is 1.78 bits per heavy atom. The van der Waals surface area contributed by atoms with Gasteiger partial charge in [0.15, 0.2) is 0 Å². The van der Waals surface area contributed by atoms with Crippen LogP contribution >= 0.6 is 0 Å². The first-order chi connectivity index (χ1) is 4.43. The molecule has 0 spiro atoms. The molecule has 54 valence electrons. The summed E-state index contributed by atoms with van der Waals surface area (Å²) in [5.41, 5.74) is 0. The van der Waals surface area contributed by atoms with E-state index in [2.05, 4.69) is 9.98 Å². The van der Waals surface area contributed by atoms with E-state index in [1.165, 1.54) is 6.42 Å². The van der Waals surface area contributed by atoms with Gasteiger partial charge in [0.25, 0.3) is 0 Å². The van der Waals surface area contributed by atoms with E-state index in [1.807, 2.05) is 0 Å². The van der Waals surface area contributed by atoms with Crippen molar-refractivity contribution in [1.29, 1.82) is 0 Å². The molecule has 1 aliphatic carbocycles. The molecular formula is C6H11FO2. The predicted octanol–water partition coefficient (Wildman–Crippen LogP) is 2.15. The quantitative estimate of drug-likeness (QED) is 0.425. The Morgan fingerprint density at radius 1 is 1.11 bits per heavy atom. The lowest BCUT2D eigenvalue weighted by atomic mass is 9.98. The minimum absolute atomic E-state index is 0.00347. The van der Waals surface area contributed by atoms with Crippen molar-refractivity contribution >= 4 is 0 Å². The zero-order chi connectivity index (χ0) is 6.53. The number of halogens is 1. The van der Waals surface area contributed by atoms with E-state index in [0.717, 1.165) is 25.7 Å². The minimum atomic E-state index is 0.00347. The highest BCUT2D eigenvalue weighted by atomic mass is 19.3. The van der Waals surface area contributed by atoms with Crippen molar-refractivity contribution in [2.75, 3.05) is 0 Å². The highest BCUT2D eigenvalue weighted by Gasteiger charge is 2.14. The fourth-order valence-electron chi connectivity index (χ4n) is 1.21. The molecule has 0 aliphatic heterocycles. The highest BCUT2D eigenvalue weighted by Crippen LogP contribution is 2.20. The summed E-state index contributed by atoms with van der Waals surface area (Å²) in [6.45, 7) is 0. The van der Waals surface area contributed by atoms with Crippen LogP contribution in [0.25, 0.3) is 0 Å². The normalized spacial score (nSPS) is 22.3. The van der Waals surface area contributed by atoms with Crippen molar-refractivity contribution in [3.05, 3.63) is 0 Å². The van der Waals surface area contributed by atoms with Crippen molar-refractivity contribution < 1.29 is 14.5 Å². The van der Waals surface area contributed by atoms with Crippen LogP contribution in [0, 0.1) is 0 Å². The molecule has 0 radical (unpaired) electrons. The van der Waals surface area contributed by atoms with E-state index in [-0.39, 0.29) is 6.10 Å². The molecule has 0 amide bonds. The maximum atomic E-state index is 11.1. The highest BCUT2D eigenvalue weighted by molar-refractivity contribution is 4.62. The molecule has 0 aromatic heterocycles. The summed E-state index contributed by atoms with van der Waals surface area (Å²) in [5, 5.41) is 3.08. The Kier molecular flexibility index (Phi) is 2.94. The Labute approximate surface area is 53.8 Å². The average molecular weight is 134 g/mol. The van der Waals surface area contributed by atoms with Gasteiger partial charge in [0.2, 0.25) is 0 Å². The summed E-state index contributed by atoms with van der Waals surface area (Å²) in [6.07, 6.45) is 5.38. The Morgan fingerprint density at radius 3 is 2.33 bits per heavy atom. The topological polar surface area (TPSA) is 18.5 Å². The molecule has 0 saturated heterocycles. The second kappa shape index (κ2) is 3.80. The maximum Gasteiger partial charge on any atom is 0.0964 e. The van der Waals surface area contributed by atoms with E-state index in [1.54, 1.807) is 0 Å². The van der Waals surface area contributed by atoms with E-state index < -0.39 is 0 Å². The van der Waals surface area contributed by atoms with Gasteiger partial charge in [0.1, 0.15) is 0 Å². The third-order valence-corrected chi connectivity index (χ3v) is 1.72. The van der Waals surface area contributed by atoms with Crippen LogP contribution in [-0.4, -0.2) is 6.10 Å². The molecule has 0 atom stereocenters. The van der Waals surface area contributed by atoms with E-state index >= 15 is 0 Å². The second-order valence-electron chi connectivity index (χ2n) is 2.42. The second-order valence-corrected chi connectivity index (χ2v) is 2.42. The van der Waals surface area contributed by atoms with Gasteiger partial charge >= 0.3 is 0 Å². The van der Waals surface area contributed by atoms with Crippen LogP contribution in [0.3, 0.4) is 0 Å². The first-order valence-corrected chi connectivity index (χ1v) is 3.37. The summed E-state index contributed by atoms with van der Waals surface area (Å²) in [7, 11) is 0. The monoisotopic (exact) mass is 134 g/mol. The van der Waals surface area contributed by atoms with Gasteiger partial charge in [0.05, 0.1) is 6.10 Å². The van der Waals surface area contributed by atoms with Gasteiger partial charge < -0.3 is 0 Å². The van der Waals surface area contributed by atoms with Crippen molar-refractivity contribution in [2.45, 2.75) is 38.2 Å². The van der Waals surface area contributed by atoms with E-state index in [4.69, 9.17) is 0 Å². The summed E-state index contributed by atoms with van der Waals surface area (Å²) in [6, 6.07) is 0. The van der Waals surface area contributed by atoms with Crippen LogP contribution in [0.15, 0.2) is 0 Å². The van der Waals surface area contributed by atoms with Gasteiger partial charge in [-0.2, -0.15) is 4.89 Å². The van der Waals surface area contributed by atoms with E-state index in [0.29, 0.717) is 0 Å². The van der Waals surface area contributed by atoms with Gasteiger partial charge in [-0.3, -0.25) is 0 Å². The maximum absolute atomic E-state index is 11.1. The molecule has 0 aromatic carbocycles. The fourth-order valence-corrected chi connectivity index (χ4v) is 1.21. The number of hydrogen-bond donors (Lipinski definition) is 0. The summed E-state index contributed by atoms with van der Waals surface area (Å²) in [5.74, 6) is 0. The lowest BCUT2D eigenvalue weighted by molar-refractivity contribution is -0.451. The minimum Gasteiger partial charge on any atom is -0.199 e. The molecule has 1 fully saturated rings. The molecule has 1 saturated carbocycles. The SMILES string of the molecule is FOOC1CCCCC1. The van der Waals surface area contributed by atoms with Gasteiger partial charge in [-0.15, -0.1) is 0 Å². The van der Waals surface area contributed by atoms with Crippen LogP contribution in [0.4, 0.5) is 4.53 Å². The fraction of sp³-hybridized carbons (Fsp3) is 1.00. The molecule has 0 N–H and O–H groups in total. The van der Waals surface area contributed by atoms with Crippen molar-refractivity contribution in [1.82, 2.24) is 0 Å². The summed E-state index contributed by atoms with van der Waals surface area (Å²) >= 11 is 0. The predicted molar refractivity (Wildman–Crippen MR) is 30.2 cm³/mol. The molecule has 0 heterocycles. The largest absolute Gasteiger partial charge is 0.199 e. The number of hydrogen-bond acceptors (Lipinski definition) is 2. The van der Waals surface area contributed by atoms with Crippen LogP contribution in [0.1, 0.15) is 32.1 Å². The Bertz CT molecular complexity index is 68.7. The summed E-state index contributed by atoms with van der Waals surface area (Å²) < 4.78 is 11.1. The Hall–Kier alpha value is -0.150. The smallest absolute Gasteiger partial charge is 0.0964 e. The molecule has 3 heteroatoms. The number of rotatable bonds is 2. The molecular weight excluding hydrogens is 123 g/mol. The standard InChI is InChI=1S/C6H11FO2/c7-9-8-6-4-2-1-3-5-6/h6H,1-5H2. The lowest BCUT2D eigenvalue weighted by Gasteiger charge is -2.17. The molecule has 1 rings (SSSR count). The molecule has 2 nitrogen and oxygen atoms in total. The van der Waals surface area contributed by atoms with Crippen molar-refractivity contribution in [2.24, 2.45) is 0 Å². The molecule has 0 bridgehead atoms. The zero-order valence-corrected chi connectivity index (χ0v) is 5.31. The molecule has 0 aromatic rings. The first-order valence-electron chi connectivity index (χ1n) is 3.37. The van der Waals surface area contributed by atoms with Crippen LogP contribution < -0.4 is 0 Å². The average Bonchev–Trinajstić information content (AvgIpc) is 1.91. The van der Waals surface area contributed by atoms with Crippen LogP contribution in [-0.2, 0) is 9.98 Å². The third kappa shape index (κ3) is 2.28. The van der Waals surface area contributed by atoms with Gasteiger partial charge in [-0.05, 0) is 22.5 Å². The van der Waals surface area contributed by atoms with Crippen LogP contribution in [0.5, 0.6) is 0 Å². The van der Waals surface area contributed by atoms with Gasteiger partial charge in [-0.1, -0.05) is 19.3 Å². The van der Waals surface area contributed by atoms with Crippen molar-refractivity contribution in [3.63, 3.8) is 0 Å². The first kappa shape index (κ1) is 6.96.